The minimum absolute atomic E-state index is 0.105. The van der Waals surface area contributed by atoms with Crippen LogP contribution in [0.4, 0.5) is 5.69 Å². The van der Waals surface area contributed by atoms with Crippen molar-refractivity contribution < 1.29 is 4.79 Å². The Morgan fingerprint density at radius 2 is 1.81 bits per heavy atom. The zero-order chi connectivity index (χ0) is 19.7. The standard InChI is InChI=1S/C16H6BrCl4N5O/c17-13-4-12(26(25-13)15-11(21)3-9(19)6-23-15)16(27)24-14-7(5-22)1-8(18)2-10(14)20/h1-4,6H,(H,24,27). The van der Waals surface area contributed by atoms with E-state index in [1.165, 1.54) is 35.1 Å². The summed E-state index contributed by atoms with van der Waals surface area (Å²) in [5, 5.41) is 17.0. The fraction of sp³-hybridized carbons (Fsp3) is 0. The predicted octanol–water partition coefficient (Wildman–Crippen LogP) is 5.77. The van der Waals surface area contributed by atoms with Crippen molar-refractivity contribution in [2.75, 3.05) is 5.32 Å². The SMILES string of the molecule is N#Cc1cc(Cl)cc(Cl)c1NC(=O)c1cc(Br)nn1-c1ncc(Cl)cc1Cl. The van der Waals surface area contributed by atoms with Gasteiger partial charge in [-0.15, -0.1) is 0 Å². The molecule has 0 radical (unpaired) electrons. The van der Waals surface area contributed by atoms with Gasteiger partial charge in [0.05, 0.1) is 26.3 Å². The predicted molar refractivity (Wildman–Crippen MR) is 108 cm³/mol. The third-order valence-electron chi connectivity index (χ3n) is 3.32. The first-order chi connectivity index (χ1) is 12.8. The van der Waals surface area contributed by atoms with Crippen LogP contribution in [0.5, 0.6) is 0 Å². The number of anilines is 1. The number of rotatable bonds is 3. The smallest absolute Gasteiger partial charge is 0.274 e. The van der Waals surface area contributed by atoms with Gasteiger partial charge < -0.3 is 5.32 Å². The molecule has 0 aliphatic heterocycles. The highest BCUT2D eigenvalue weighted by atomic mass is 79.9. The normalized spacial score (nSPS) is 10.5. The van der Waals surface area contributed by atoms with Gasteiger partial charge in [-0.2, -0.15) is 10.4 Å². The van der Waals surface area contributed by atoms with E-state index in [9.17, 15) is 10.1 Å². The number of pyridine rings is 1. The first-order valence-electron chi connectivity index (χ1n) is 7.07. The molecule has 0 saturated heterocycles. The summed E-state index contributed by atoms with van der Waals surface area (Å²) in [6, 6.07) is 7.70. The van der Waals surface area contributed by atoms with Crippen molar-refractivity contribution in [3.8, 4) is 11.9 Å². The topological polar surface area (TPSA) is 83.6 Å². The average Bonchev–Trinajstić information content (AvgIpc) is 2.98. The first kappa shape index (κ1) is 19.9. The van der Waals surface area contributed by atoms with Crippen LogP contribution in [0, 0.1) is 11.3 Å². The highest BCUT2D eigenvalue weighted by molar-refractivity contribution is 9.10. The van der Waals surface area contributed by atoms with E-state index in [0.29, 0.717) is 9.63 Å². The molecule has 2 aromatic heterocycles. The molecule has 6 nitrogen and oxygen atoms in total. The van der Waals surface area contributed by atoms with Crippen LogP contribution in [-0.4, -0.2) is 20.7 Å². The Hall–Kier alpha value is -1.82. The number of hydrogen-bond donors (Lipinski definition) is 1. The molecule has 3 rings (SSSR count). The maximum atomic E-state index is 12.8. The van der Waals surface area contributed by atoms with E-state index in [1.807, 2.05) is 6.07 Å². The molecule has 0 bridgehead atoms. The monoisotopic (exact) mass is 503 g/mol. The molecular formula is C16H6BrCl4N5O. The number of carbonyl (C=O) groups is 1. The lowest BCUT2D eigenvalue weighted by molar-refractivity contribution is 0.101. The fourth-order valence-corrected chi connectivity index (χ4v) is 3.58. The number of aromatic nitrogens is 3. The van der Waals surface area contributed by atoms with Crippen LogP contribution in [0.1, 0.15) is 16.1 Å². The molecular weight excluding hydrogens is 500 g/mol. The van der Waals surface area contributed by atoms with E-state index in [1.54, 1.807) is 0 Å². The Kier molecular flexibility index (Phi) is 5.94. The van der Waals surface area contributed by atoms with Gasteiger partial charge in [-0.1, -0.05) is 46.4 Å². The Morgan fingerprint density at radius 1 is 1.11 bits per heavy atom. The number of benzene rings is 1. The number of hydrogen-bond acceptors (Lipinski definition) is 4. The molecule has 136 valence electrons. The fourth-order valence-electron chi connectivity index (χ4n) is 2.21. The van der Waals surface area contributed by atoms with Crippen molar-refractivity contribution in [3.63, 3.8) is 0 Å². The van der Waals surface area contributed by atoms with Crippen molar-refractivity contribution in [1.82, 2.24) is 14.8 Å². The summed E-state index contributed by atoms with van der Waals surface area (Å²) in [6.45, 7) is 0. The zero-order valence-electron chi connectivity index (χ0n) is 13.0. The lowest BCUT2D eigenvalue weighted by Crippen LogP contribution is -2.18. The molecule has 0 atom stereocenters. The molecule has 0 aliphatic rings. The van der Waals surface area contributed by atoms with Crippen molar-refractivity contribution in [3.05, 3.63) is 66.4 Å². The maximum absolute atomic E-state index is 12.8. The third kappa shape index (κ3) is 4.21. The lowest BCUT2D eigenvalue weighted by Gasteiger charge is -2.11. The minimum atomic E-state index is -0.582. The molecule has 3 aromatic rings. The Labute approximate surface area is 181 Å². The van der Waals surface area contributed by atoms with Gasteiger partial charge in [0, 0.05) is 17.3 Å². The summed E-state index contributed by atoms with van der Waals surface area (Å²) in [4.78, 5) is 16.9. The zero-order valence-corrected chi connectivity index (χ0v) is 17.6. The Morgan fingerprint density at radius 3 is 2.48 bits per heavy atom. The summed E-state index contributed by atoms with van der Waals surface area (Å²) >= 11 is 27.3. The van der Waals surface area contributed by atoms with Crippen LogP contribution in [0.2, 0.25) is 20.1 Å². The molecule has 0 unspecified atom stereocenters. The van der Waals surface area contributed by atoms with Gasteiger partial charge in [0.1, 0.15) is 16.4 Å². The van der Waals surface area contributed by atoms with Crippen molar-refractivity contribution in [2.24, 2.45) is 0 Å². The highest BCUT2D eigenvalue weighted by Crippen LogP contribution is 2.31. The summed E-state index contributed by atoms with van der Waals surface area (Å²) in [7, 11) is 0. The van der Waals surface area contributed by atoms with Crippen LogP contribution in [0.15, 0.2) is 35.1 Å². The largest absolute Gasteiger partial charge is 0.318 e. The highest BCUT2D eigenvalue weighted by Gasteiger charge is 2.21. The van der Waals surface area contributed by atoms with Crippen LogP contribution in [-0.2, 0) is 0 Å². The van der Waals surface area contributed by atoms with E-state index in [2.05, 4.69) is 31.3 Å². The van der Waals surface area contributed by atoms with E-state index in [-0.39, 0.29) is 37.8 Å². The summed E-state index contributed by atoms with van der Waals surface area (Å²) in [6.07, 6.45) is 1.38. The second-order valence-corrected chi connectivity index (χ2v) is 7.60. The molecule has 1 aromatic carbocycles. The van der Waals surface area contributed by atoms with Crippen molar-refractivity contribution >= 4 is 73.9 Å². The van der Waals surface area contributed by atoms with E-state index >= 15 is 0 Å². The molecule has 0 aliphatic carbocycles. The van der Waals surface area contributed by atoms with Gasteiger partial charge >= 0.3 is 0 Å². The van der Waals surface area contributed by atoms with Crippen LogP contribution >= 0.6 is 62.3 Å². The van der Waals surface area contributed by atoms with E-state index in [4.69, 9.17) is 46.4 Å². The van der Waals surface area contributed by atoms with Crippen LogP contribution in [0.25, 0.3) is 5.82 Å². The summed E-state index contributed by atoms with van der Waals surface area (Å²) in [5.74, 6) is -0.374. The van der Waals surface area contributed by atoms with Gasteiger partial charge in [0.2, 0.25) is 0 Å². The molecule has 2 heterocycles. The summed E-state index contributed by atoms with van der Waals surface area (Å²) in [5.41, 5.74) is 0.356. The molecule has 0 saturated carbocycles. The van der Waals surface area contributed by atoms with Crippen molar-refractivity contribution in [2.45, 2.75) is 0 Å². The van der Waals surface area contributed by atoms with Gasteiger partial charge in [0.15, 0.2) is 5.82 Å². The number of carbonyl (C=O) groups excluding carboxylic acids is 1. The number of nitrogens with zero attached hydrogens (tertiary/aromatic N) is 4. The van der Waals surface area contributed by atoms with E-state index in [0.717, 1.165) is 0 Å². The quantitative estimate of drug-likeness (QED) is 0.490. The Bertz CT molecular complexity index is 1110. The van der Waals surface area contributed by atoms with Gasteiger partial charge in [0.25, 0.3) is 5.91 Å². The molecule has 1 amide bonds. The number of nitriles is 1. The van der Waals surface area contributed by atoms with Gasteiger partial charge in [-0.3, -0.25) is 4.79 Å². The van der Waals surface area contributed by atoms with Gasteiger partial charge in [-0.25, -0.2) is 9.67 Å². The maximum Gasteiger partial charge on any atom is 0.274 e. The number of halogens is 5. The van der Waals surface area contributed by atoms with Crippen LogP contribution in [0.3, 0.4) is 0 Å². The summed E-state index contributed by atoms with van der Waals surface area (Å²) < 4.78 is 1.62. The molecule has 11 heteroatoms. The third-order valence-corrected chi connectivity index (χ3v) is 4.70. The molecule has 27 heavy (non-hydrogen) atoms. The minimum Gasteiger partial charge on any atom is -0.318 e. The lowest BCUT2D eigenvalue weighted by atomic mass is 10.2. The van der Waals surface area contributed by atoms with Gasteiger partial charge in [-0.05, 0) is 34.1 Å². The van der Waals surface area contributed by atoms with E-state index < -0.39 is 5.91 Å². The molecule has 0 fully saturated rings. The van der Waals surface area contributed by atoms with Crippen LogP contribution < -0.4 is 5.32 Å². The number of amides is 1. The average molecular weight is 506 g/mol. The Balaban J connectivity index is 2.04. The van der Waals surface area contributed by atoms with Crippen molar-refractivity contribution in [1.29, 1.82) is 5.26 Å². The second-order valence-electron chi connectivity index (χ2n) is 5.10. The second kappa shape index (κ2) is 8.05. The number of nitrogens with one attached hydrogen (secondary N) is 1. The molecule has 0 spiro atoms. The first-order valence-corrected chi connectivity index (χ1v) is 9.38. The molecule has 1 N–H and O–H groups in total.